The number of benzene rings is 1. The monoisotopic (exact) mass is 353 g/mol. The third kappa shape index (κ3) is 2.64. The zero-order valence-electron chi connectivity index (χ0n) is 10.7. The Morgan fingerprint density at radius 3 is 2.95 bits per heavy atom. The van der Waals surface area contributed by atoms with Gasteiger partial charge in [0, 0.05) is 25.9 Å². The Bertz CT molecular complexity index is 567. The largest absolute Gasteiger partial charge is 0.309 e. The molecule has 2 heterocycles. The molecule has 0 saturated heterocycles. The van der Waals surface area contributed by atoms with E-state index < -0.39 is 0 Å². The van der Waals surface area contributed by atoms with E-state index >= 15 is 0 Å². The van der Waals surface area contributed by atoms with Crippen molar-refractivity contribution in [2.24, 2.45) is 0 Å². The number of hydrogen-bond donors (Lipinski definition) is 1. The van der Waals surface area contributed by atoms with Gasteiger partial charge in [-0.05, 0) is 45.6 Å². The van der Waals surface area contributed by atoms with E-state index in [1.54, 1.807) is 0 Å². The van der Waals surface area contributed by atoms with Crippen LogP contribution in [-0.2, 0) is 0 Å². The summed E-state index contributed by atoms with van der Waals surface area (Å²) in [5.41, 5.74) is 1.50. The molecule has 1 nitrogen and oxygen atoms in total. The lowest BCUT2D eigenvalue weighted by atomic mass is 9.92. The van der Waals surface area contributed by atoms with Crippen LogP contribution in [0.2, 0.25) is 0 Å². The second-order valence-corrected chi connectivity index (χ2v) is 7.49. The van der Waals surface area contributed by atoms with Gasteiger partial charge in [-0.25, -0.2) is 0 Å². The van der Waals surface area contributed by atoms with Crippen LogP contribution >= 0.6 is 39.0 Å². The summed E-state index contributed by atoms with van der Waals surface area (Å²) in [6.45, 7) is 3.18. The van der Waals surface area contributed by atoms with Gasteiger partial charge in [-0.1, -0.05) is 25.1 Å². The molecule has 0 fully saturated rings. The summed E-state index contributed by atoms with van der Waals surface area (Å²) in [5, 5.41) is 5.84. The molecule has 2 unspecified atom stereocenters. The molecule has 2 aromatic rings. The first kappa shape index (κ1) is 13.7. The van der Waals surface area contributed by atoms with Crippen molar-refractivity contribution < 1.29 is 0 Å². The molecule has 1 aliphatic rings. The summed E-state index contributed by atoms with van der Waals surface area (Å²) in [6, 6.07) is 11.4. The van der Waals surface area contributed by atoms with Crippen LogP contribution in [0.15, 0.2) is 45.1 Å². The predicted octanol–water partition coefficient (Wildman–Crippen LogP) is 5.05. The van der Waals surface area contributed by atoms with E-state index in [2.05, 4.69) is 63.9 Å². The normalized spacial score (nSPS) is 19.4. The van der Waals surface area contributed by atoms with Crippen LogP contribution in [0.4, 0.5) is 0 Å². The predicted molar refractivity (Wildman–Crippen MR) is 88.3 cm³/mol. The number of fused-ring (bicyclic) bond motifs is 1. The number of thiophene rings is 1. The topological polar surface area (TPSA) is 12.0 Å². The fraction of sp³-hybridized carbons (Fsp3) is 0.333. The van der Waals surface area contributed by atoms with Gasteiger partial charge in [-0.3, -0.25) is 0 Å². The van der Waals surface area contributed by atoms with Crippen LogP contribution in [-0.4, -0.2) is 12.3 Å². The molecule has 1 aromatic carbocycles. The molecular weight excluding hydrogens is 338 g/mol. The highest BCUT2D eigenvalue weighted by Gasteiger charge is 2.32. The number of halogens is 1. The smallest absolute Gasteiger partial charge is 0.0504 e. The summed E-state index contributed by atoms with van der Waals surface area (Å²) < 4.78 is 1.23. The second-order valence-electron chi connectivity index (χ2n) is 4.62. The summed E-state index contributed by atoms with van der Waals surface area (Å²) in [7, 11) is 0. The molecule has 4 heteroatoms. The summed E-state index contributed by atoms with van der Waals surface area (Å²) >= 11 is 7.51. The van der Waals surface area contributed by atoms with Crippen molar-refractivity contribution in [3.63, 3.8) is 0 Å². The van der Waals surface area contributed by atoms with Gasteiger partial charge >= 0.3 is 0 Å². The fourth-order valence-corrected chi connectivity index (χ4v) is 5.68. The Morgan fingerprint density at radius 1 is 1.37 bits per heavy atom. The molecule has 0 amide bonds. The molecule has 3 rings (SSSR count). The van der Waals surface area contributed by atoms with Crippen LogP contribution in [0.1, 0.15) is 29.3 Å². The van der Waals surface area contributed by atoms with Crippen molar-refractivity contribution in [1.82, 2.24) is 5.32 Å². The van der Waals surface area contributed by atoms with E-state index in [-0.39, 0.29) is 0 Å². The molecule has 2 atom stereocenters. The van der Waals surface area contributed by atoms with E-state index in [1.165, 1.54) is 25.6 Å². The molecule has 0 bridgehead atoms. The molecule has 1 aliphatic heterocycles. The maximum atomic E-state index is 3.69. The Kier molecular flexibility index (Phi) is 4.32. The van der Waals surface area contributed by atoms with Gasteiger partial charge in [0.05, 0.1) is 6.04 Å². The SMILES string of the molecule is CCNC(c1sccc1Br)C1CSc2ccccc21. The average Bonchev–Trinajstić information content (AvgIpc) is 3.03. The number of rotatable bonds is 4. The lowest BCUT2D eigenvalue weighted by Crippen LogP contribution is -2.26. The Morgan fingerprint density at radius 2 is 2.21 bits per heavy atom. The molecule has 1 N–H and O–H groups in total. The zero-order chi connectivity index (χ0) is 13.2. The van der Waals surface area contributed by atoms with E-state index in [0.29, 0.717) is 12.0 Å². The Hall–Kier alpha value is -0.290. The average molecular weight is 354 g/mol. The van der Waals surface area contributed by atoms with Crippen molar-refractivity contribution in [2.45, 2.75) is 23.8 Å². The summed E-state index contributed by atoms with van der Waals surface area (Å²) in [6.07, 6.45) is 0. The third-order valence-electron chi connectivity index (χ3n) is 3.49. The molecule has 19 heavy (non-hydrogen) atoms. The van der Waals surface area contributed by atoms with Gasteiger partial charge in [-0.2, -0.15) is 0 Å². The molecular formula is C15H16BrNS2. The van der Waals surface area contributed by atoms with Gasteiger partial charge in [0.15, 0.2) is 0 Å². The number of hydrogen-bond acceptors (Lipinski definition) is 3. The van der Waals surface area contributed by atoms with Gasteiger partial charge in [0.2, 0.25) is 0 Å². The van der Waals surface area contributed by atoms with E-state index in [4.69, 9.17) is 0 Å². The molecule has 0 aliphatic carbocycles. The lowest BCUT2D eigenvalue weighted by molar-refractivity contribution is 0.491. The molecule has 1 aromatic heterocycles. The minimum atomic E-state index is 0.413. The summed E-state index contributed by atoms with van der Waals surface area (Å²) in [5.74, 6) is 1.73. The van der Waals surface area contributed by atoms with Gasteiger partial charge in [0.1, 0.15) is 0 Å². The van der Waals surface area contributed by atoms with Crippen molar-refractivity contribution in [3.05, 3.63) is 50.6 Å². The lowest BCUT2D eigenvalue weighted by Gasteiger charge is -2.24. The van der Waals surface area contributed by atoms with Gasteiger partial charge in [-0.15, -0.1) is 23.1 Å². The number of likely N-dealkylation sites (N-methyl/N-ethyl adjacent to an activating group) is 1. The first-order valence-corrected chi connectivity index (χ1v) is 9.15. The highest BCUT2D eigenvalue weighted by Crippen LogP contribution is 2.47. The fourth-order valence-electron chi connectivity index (χ4n) is 2.63. The maximum Gasteiger partial charge on any atom is 0.0504 e. The Balaban J connectivity index is 1.96. The minimum absolute atomic E-state index is 0.413. The molecule has 0 spiro atoms. The van der Waals surface area contributed by atoms with E-state index in [9.17, 15) is 0 Å². The van der Waals surface area contributed by atoms with Gasteiger partial charge in [0.25, 0.3) is 0 Å². The van der Waals surface area contributed by atoms with Crippen molar-refractivity contribution in [2.75, 3.05) is 12.3 Å². The van der Waals surface area contributed by atoms with E-state index in [1.807, 2.05) is 23.1 Å². The summed E-state index contributed by atoms with van der Waals surface area (Å²) in [4.78, 5) is 2.87. The van der Waals surface area contributed by atoms with Crippen molar-refractivity contribution in [1.29, 1.82) is 0 Å². The standard InChI is InChI=1S/C15H16BrNS2/c1-2-17-14(15-12(16)7-8-18-15)11-9-19-13-6-4-3-5-10(11)13/h3-8,11,14,17H,2,9H2,1H3. The maximum absolute atomic E-state index is 3.69. The first-order valence-electron chi connectivity index (χ1n) is 6.49. The van der Waals surface area contributed by atoms with Crippen LogP contribution in [0, 0.1) is 0 Å². The quantitative estimate of drug-likeness (QED) is 0.825. The molecule has 100 valence electrons. The Labute approximate surface area is 130 Å². The minimum Gasteiger partial charge on any atom is -0.309 e. The number of thioether (sulfide) groups is 1. The van der Waals surface area contributed by atoms with Crippen LogP contribution < -0.4 is 5.32 Å². The van der Waals surface area contributed by atoms with Crippen LogP contribution in [0.5, 0.6) is 0 Å². The molecule has 0 radical (unpaired) electrons. The van der Waals surface area contributed by atoms with Gasteiger partial charge < -0.3 is 5.32 Å². The van der Waals surface area contributed by atoms with Crippen molar-refractivity contribution >= 4 is 39.0 Å². The van der Waals surface area contributed by atoms with E-state index in [0.717, 1.165) is 6.54 Å². The van der Waals surface area contributed by atoms with Crippen LogP contribution in [0.3, 0.4) is 0 Å². The number of nitrogens with one attached hydrogen (secondary N) is 1. The van der Waals surface area contributed by atoms with Crippen LogP contribution in [0.25, 0.3) is 0 Å². The first-order chi connectivity index (χ1) is 9.31. The zero-order valence-corrected chi connectivity index (χ0v) is 13.9. The highest BCUT2D eigenvalue weighted by molar-refractivity contribution is 9.10. The highest BCUT2D eigenvalue weighted by atomic mass is 79.9. The van der Waals surface area contributed by atoms with Crippen molar-refractivity contribution in [3.8, 4) is 0 Å². The third-order valence-corrected chi connectivity index (χ3v) is 6.65. The molecule has 0 saturated carbocycles. The second kappa shape index (κ2) is 6.00.